The molecule has 1 aromatic heterocycles. The summed E-state index contributed by atoms with van der Waals surface area (Å²) in [4.78, 5) is 11.4. The topological polar surface area (TPSA) is 53.1 Å². The number of para-hydroxylation sites is 1. The lowest BCUT2D eigenvalue weighted by Crippen LogP contribution is -2.32. The summed E-state index contributed by atoms with van der Waals surface area (Å²) < 4.78 is 39.5. The molecule has 2 N–H and O–H groups in total. The molecule has 5 nitrogen and oxygen atoms in total. The maximum Gasteiger partial charge on any atom is 0.416 e. The summed E-state index contributed by atoms with van der Waals surface area (Å²) in [5.41, 5.74) is 0.652. The van der Waals surface area contributed by atoms with Crippen LogP contribution in [0.15, 0.2) is 48.5 Å². The Kier molecular flexibility index (Phi) is 7.02. The summed E-state index contributed by atoms with van der Waals surface area (Å²) in [6.07, 6.45) is -0.323. The van der Waals surface area contributed by atoms with Crippen LogP contribution in [0, 0.1) is 5.92 Å². The summed E-state index contributed by atoms with van der Waals surface area (Å²) in [6.45, 7) is 0.947. The molecule has 4 rings (SSSR count). The van der Waals surface area contributed by atoms with Gasteiger partial charge in [-0.1, -0.05) is 30.3 Å². The second-order valence-electron chi connectivity index (χ2n) is 8.93. The molecule has 3 aromatic rings. The van der Waals surface area contributed by atoms with Crippen LogP contribution in [0.5, 0.6) is 0 Å². The number of nitrogens with one attached hydrogen (secondary N) is 2. The highest BCUT2D eigenvalue weighted by Crippen LogP contribution is 2.32. The Morgan fingerprint density at radius 2 is 1.64 bits per heavy atom. The number of rotatable bonds is 7. The number of alkyl halides is 3. The number of halogens is 3. The molecule has 1 saturated carbocycles. The van der Waals surface area contributed by atoms with E-state index in [1.165, 1.54) is 6.07 Å². The second kappa shape index (κ2) is 9.95. The highest BCUT2D eigenvalue weighted by molar-refractivity contribution is 5.90. The van der Waals surface area contributed by atoms with Crippen LogP contribution in [0.2, 0.25) is 0 Å². The third-order valence-corrected chi connectivity index (χ3v) is 6.26. The zero-order chi connectivity index (χ0) is 23.4. The fraction of sp³-hybridized carbons (Fsp3) is 0.440. The quantitative estimate of drug-likeness (QED) is 0.492. The molecule has 176 valence electrons. The normalized spacial score (nSPS) is 18.9. The minimum Gasteiger partial charge on any atom is -0.362 e. The highest BCUT2D eigenvalue weighted by atomic mass is 19.4. The first-order valence-corrected chi connectivity index (χ1v) is 11.4. The molecule has 0 bridgehead atoms. The fourth-order valence-electron chi connectivity index (χ4n) is 4.52. The summed E-state index contributed by atoms with van der Waals surface area (Å²) in [7, 11) is 3.95. The number of fused-ring (bicyclic) bond motifs is 1. The Bertz CT molecular complexity index is 1080. The van der Waals surface area contributed by atoms with E-state index >= 15 is 0 Å². The molecule has 2 aromatic carbocycles. The van der Waals surface area contributed by atoms with Gasteiger partial charge in [0.2, 0.25) is 5.95 Å². The van der Waals surface area contributed by atoms with Crippen LogP contribution in [0.1, 0.15) is 36.8 Å². The molecule has 33 heavy (non-hydrogen) atoms. The molecule has 0 amide bonds. The minimum atomic E-state index is -4.32. The van der Waals surface area contributed by atoms with Crippen molar-refractivity contribution in [2.75, 3.05) is 30.9 Å². The Labute approximate surface area is 192 Å². The van der Waals surface area contributed by atoms with Crippen molar-refractivity contribution >= 4 is 22.7 Å². The van der Waals surface area contributed by atoms with Gasteiger partial charge in [-0.15, -0.1) is 0 Å². The molecule has 8 heteroatoms. The number of aromatic nitrogens is 2. The molecule has 1 aliphatic rings. The maximum atomic E-state index is 13.2. The van der Waals surface area contributed by atoms with Crippen molar-refractivity contribution < 1.29 is 13.2 Å². The Morgan fingerprint density at radius 1 is 0.939 bits per heavy atom. The van der Waals surface area contributed by atoms with Crippen LogP contribution in [0.4, 0.5) is 24.9 Å². The zero-order valence-electron chi connectivity index (χ0n) is 19.0. The van der Waals surface area contributed by atoms with Gasteiger partial charge < -0.3 is 15.5 Å². The zero-order valence-corrected chi connectivity index (χ0v) is 19.0. The van der Waals surface area contributed by atoms with Gasteiger partial charge in [0, 0.05) is 32.1 Å². The predicted octanol–water partition coefficient (Wildman–Crippen LogP) is 5.48. The standard InChI is InChI=1S/C25H30F3N5/c1-33(2)23-20-8-4-6-10-22(20)31-24(32-23)30-19-13-11-17(12-14-19)15-29-16-18-7-3-5-9-21(18)25(26,27)28/h3-10,17,19,29H,11-16H2,1-2H3,(H,30,31,32)/t17-,19+. The van der Waals surface area contributed by atoms with Gasteiger partial charge in [0.1, 0.15) is 5.82 Å². The third-order valence-electron chi connectivity index (χ3n) is 6.26. The van der Waals surface area contributed by atoms with Crippen molar-refractivity contribution in [2.45, 2.75) is 44.4 Å². The van der Waals surface area contributed by atoms with E-state index in [1.54, 1.807) is 12.1 Å². The van der Waals surface area contributed by atoms with Gasteiger partial charge in [0.15, 0.2) is 0 Å². The van der Waals surface area contributed by atoms with E-state index in [0.717, 1.165) is 55.0 Å². The molecule has 1 heterocycles. The molecule has 0 radical (unpaired) electrons. The lowest BCUT2D eigenvalue weighted by Gasteiger charge is -2.29. The van der Waals surface area contributed by atoms with Gasteiger partial charge in [-0.2, -0.15) is 18.2 Å². The third kappa shape index (κ3) is 5.74. The molecule has 1 aliphatic carbocycles. The average Bonchev–Trinajstić information content (AvgIpc) is 2.79. The largest absolute Gasteiger partial charge is 0.416 e. The molecular weight excluding hydrogens is 427 g/mol. The second-order valence-corrected chi connectivity index (χ2v) is 8.93. The van der Waals surface area contributed by atoms with E-state index in [4.69, 9.17) is 4.98 Å². The van der Waals surface area contributed by atoms with Crippen LogP contribution in [0.25, 0.3) is 10.9 Å². The number of benzene rings is 2. The molecule has 0 saturated heterocycles. The van der Waals surface area contributed by atoms with Gasteiger partial charge >= 0.3 is 6.18 Å². The summed E-state index contributed by atoms with van der Waals surface area (Å²) >= 11 is 0. The number of nitrogens with zero attached hydrogens (tertiary/aromatic N) is 3. The van der Waals surface area contributed by atoms with Crippen molar-refractivity contribution in [3.8, 4) is 0 Å². The highest BCUT2D eigenvalue weighted by Gasteiger charge is 2.32. The first-order chi connectivity index (χ1) is 15.8. The molecule has 0 unspecified atom stereocenters. The number of hydrogen-bond donors (Lipinski definition) is 2. The smallest absolute Gasteiger partial charge is 0.362 e. The average molecular weight is 458 g/mol. The first-order valence-electron chi connectivity index (χ1n) is 11.4. The van der Waals surface area contributed by atoms with E-state index in [9.17, 15) is 13.2 Å². The lowest BCUT2D eigenvalue weighted by molar-refractivity contribution is -0.138. The van der Waals surface area contributed by atoms with Crippen LogP contribution in [-0.2, 0) is 12.7 Å². The van der Waals surface area contributed by atoms with Gasteiger partial charge in [-0.3, -0.25) is 0 Å². The van der Waals surface area contributed by atoms with Crippen LogP contribution >= 0.6 is 0 Å². The van der Waals surface area contributed by atoms with Gasteiger partial charge in [0.25, 0.3) is 0 Å². The van der Waals surface area contributed by atoms with Crippen molar-refractivity contribution in [1.82, 2.24) is 15.3 Å². The van der Waals surface area contributed by atoms with E-state index in [-0.39, 0.29) is 6.54 Å². The summed E-state index contributed by atoms with van der Waals surface area (Å²) in [5.74, 6) is 1.99. The van der Waals surface area contributed by atoms with Crippen LogP contribution < -0.4 is 15.5 Å². The molecular formula is C25H30F3N5. The number of anilines is 2. The van der Waals surface area contributed by atoms with E-state index in [0.29, 0.717) is 23.5 Å². The van der Waals surface area contributed by atoms with Crippen molar-refractivity contribution in [3.63, 3.8) is 0 Å². The summed E-state index contributed by atoms with van der Waals surface area (Å²) in [6, 6.07) is 14.1. The molecule has 0 aliphatic heterocycles. The van der Waals surface area contributed by atoms with E-state index in [1.807, 2.05) is 43.3 Å². The van der Waals surface area contributed by atoms with Gasteiger partial charge in [-0.25, -0.2) is 4.98 Å². The lowest BCUT2D eigenvalue weighted by atomic mass is 9.86. The van der Waals surface area contributed by atoms with Crippen LogP contribution in [0.3, 0.4) is 0 Å². The maximum absolute atomic E-state index is 13.2. The van der Waals surface area contributed by atoms with E-state index < -0.39 is 11.7 Å². The molecule has 0 spiro atoms. The Hall–Kier alpha value is -2.87. The Morgan fingerprint density at radius 3 is 2.36 bits per heavy atom. The molecule has 0 atom stereocenters. The fourth-order valence-corrected chi connectivity index (χ4v) is 4.52. The monoisotopic (exact) mass is 457 g/mol. The molecule has 1 fully saturated rings. The van der Waals surface area contributed by atoms with Gasteiger partial charge in [-0.05, 0) is 61.9 Å². The Balaban J connectivity index is 1.30. The SMILES string of the molecule is CN(C)c1nc(N[C@H]2CC[C@@H](CNCc3ccccc3C(F)(F)F)CC2)nc2ccccc12. The van der Waals surface area contributed by atoms with Crippen LogP contribution in [-0.4, -0.2) is 36.6 Å². The van der Waals surface area contributed by atoms with Crippen molar-refractivity contribution in [3.05, 3.63) is 59.7 Å². The van der Waals surface area contributed by atoms with E-state index in [2.05, 4.69) is 15.6 Å². The minimum absolute atomic E-state index is 0.228. The van der Waals surface area contributed by atoms with Crippen molar-refractivity contribution in [1.29, 1.82) is 0 Å². The summed E-state index contributed by atoms with van der Waals surface area (Å²) in [5, 5.41) is 7.76. The van der Waals surface area contributed by atoms with Crippen molar-refractivity contribution in [2.24, 2.45) is 5.92 Å². The predicted molar refractivity (Wildman–Crippen MR) is 126 cm³/mol. The van der Waals surface area contributed by atoms with Gasteiger partial charge in [0.05, 0.1) is 11.1 Å². The number of hydrogen-bond acceptors (Lipinski definition) is 5. The first kappa shape index (κ1) is 23.3.